The van der Waals surface area contributed by atoms with Crippen LogP contribution in [-0.2, 0) is 20.2 Å². The zero-order valence-corrected chi connectivity index (χ0v) is 16.8. The first kappa shape index (κ1) is 20.3. The van der Waals surface area contributed by atoms with E-state index in [9.17, 15) is 13.2 Å². The number of nitrogens with one attached hydrogen (secondary N) is 2. The third-order valence-electron chi connectivity index (χ3n) is 5.25. The normalized spacial score (nSPS) is 15.9. The second-order valence-corrected chi connectivity index (χ2v) is 8.89. The van der Waals surface area contributed by atoms with Crippen molar-refractivity contribution in [1.82, 2.24) is 10.0 Å². The molecule has 0 aromatic heterocycles. The van der Waals surface area contributed by atoms with Gasteiger partial charge in [-0.25, -0.2) is 13.1 Å². The highest BCUT2D eigenvalue weighted by atomic mass is 32.2. The van der Waals surface area contributed by atoms with E-state index in [1.807, 2.05) is 18.2 Å². The lowest BCUT2D eigenvalue weighted by atomic mass is 9.64. The molecule has 2 aromatic rings. The Morgan fingerprint density at radius 2 is 1.75 bits per heavy atom. The maximum Gasteiger partial charge on any atom is 0.244 e. The third-order valence-corrected chi connectivity index (χ3v) is 6.81. The summed E-state index contributed by atoms with van der Waals surface area (Å²) in [5, 5.41) is 3.01. The van der Waals surface area contributed by atoms with Crippen molar-refractivity contribution in [2.75, 3.05) is 13.1 Å². The maximum atomic E-state index is 12.2. The minimum atomic E-state index is -3.46. The fraction of sp³-hybridized carbons (Fsp3) is 0.318. The number of rotatable bonds is 8. The van der Waals surface area contributed by atoms with Gasteiger partial charge in [-0.15, -0.1) is 0 Å². The van der Waals surface area contributed by atoms with E-state index in [0.29, 0.717) is 13.1 Å². The highest BCUT2D eigenvalue weighted by molar-refractivity contribution is 7.89. The Morgan fingerprint density at radius 3 is 2.32 bits per heavy atom. The van der Waals surface area contributed by atoms with Crippen molar-refractivity contribution < 1.29 is 13.2 Å². The Kier molecular flexibility index (Phi) is 6.31. The summed E-state index contributed by atoms with van der Waals surface area (Å²) in [6, 6.07) is 16.8. The van der Waals surface area contributed by atoms with Crippen LogP contribution in [0, 0.1) is 0 Å². The van der Waals surface area contributed by atoms with E-state index in [1.54, 1.807) is 25.1 Å². The van der Waals surface area contributed by atoms with Crippen molar-refractivity contribution in [3.05, 3.63) is 71.8 Å². The third kappa shape index (κ3) is 4.69. The summed E-state index contributed by atoms with van der Waals surface area (Å²) in [6.45, 7) is 2.70. The molecule has 0 unspecified atom stereocenters. The second-order valence-electron chi connectivity index (χ2n) is 7.12. The zero-order valence-electron chi connectivity index (χ0n) is 16.0. The van der Waals surface area contributed by atoms with E-state index in [4.69, 9.17) is 0 Å². The number of hydrogen-bond acceptors (Lipinski definition) is 3. The predicted molar refractivity (Wildman–Crippen MR) is 111 cm³/mol. The molecule has 0 aliphatic heterocycles. The highest BCUT2D eigenvalue weighted by Crippen LogP contribution is 2.43. The molecule has 28 heavy (non-hydrogen) atoms. The summed E-state index contributed by atoms with van der Waals surface area (Å²) in [6.07, 6.45) is 6.54. The van der Waals surface area contributed by atoms with Crippen molar-refractivity contribution in [2.24, 2.45) is 0 Å². The van der Waals surface area contributed by atoms with Gasteiger partial charge in [0.15, 0.2) is 0 Å². The Bertz CT molecular complexity index is 932. The van der Waals surface area contributed by atoms with Crippen LogP contribution in [0.15, 0.2) is 65.6 Å². The number of amides is 1. The van der Waals surface area contributed by atoms with Gasteiger partial charge in [-0.2, -0.15) is 0 Å². The van der Waals surface area contributed by atoms with Gasteiger partial charge in [-0.1, -0.05) is 55.8 Å². The molecule has 1 saturated carbocycles. The fourth-order valence-corrected chi connectivity index (χ4v) is 4.52. The van der Waals surface area contributed by atoms with Gasteiger partial charge in [0.25, 0.3) is 0 Å². The number of sulfonamides is 1. The molecule has 0 bridgehead atoms. The van der Waals surface area contributed by atoms with Crippen molar-refractivity contribution in [1.29, 1.82) is 0 Å². The van der Waals surface area contributed by atoms with Gasteiger partial charge in [-0.05, 0) is 42.2 Å². The summed E-state index contributed by atoms with van der Waals surface area (Å²) in [4.78, 5) is 12.5. The quantitative estimate of drug-likeness (QED) is 0.671. The first-order valence-corrected chi connectivity index (χ1v) is 11.0. The van der Waals surface area contributed by atoms with Gasteiger partial charge in [0.1, 0.15) is 0 Å². The summed E-state index contributed by atoms with van der Waals surface area (Å²) < 4.78 is 26.3. The van der Waals surface area contributed by atoms with E-state index in [2.05, 4.69) is 22.2 Å². The first-order chi connectivity index (χ1) is 13.5. The molecule has 0 spiro atoms. The van der Waals surface area contributed by atoms with Crippen LogP contribution in [0.4, 0.5) is 0 Å². The Labute approximate surface area is 166 Å². The predicted octanol–water partition coefficient (Wildman–Crippen LogP) is 3.24. The van der Waals surface area contributed by atoms with Gasteiger partial charge in [-0.3, -0.25) is 4.79 Å². The molecule has 2 N–H and O–H groups in total. The van der Waals surface area contributed by atoms with E-state index in [-0.39, 0.29) is 16.2 Å². The smallest absolute Gasteiger partial charge is 0.244 e. The Morgan fingerprint density at radius 1 is 1.07 bits per heavy atom. The lowest BCUT2D eigenvalue weighted by Gasteiger charge is -2.42. The molecule has 0 atom stereocenters. The van der Waals surface area contributed by atoms with E-state index >= 15 is 0 Å². The SMILES string of the molecule is CCNS(=O)(=O)c1ccc(/C=C/C(=O)NCC2(c3ccccc3)CCC2)cc1. The molecule has 5 nitrogen and oxygen atoms in total. The Balaban J connectivity index is 1.58. The van der Waals surface area contributed by atoms with Gasteiger partial charge >= 0.3 is 0 Å². The molecule has 3 rings (SSSR count). The van der Waals surface area contributed by atoms with Crippen LogP contribution < -0.4 is 10.0 Å². The fourth-order valence-electron chi connectivity index (χ4n) is 3.48. The van der Waals surface area contributed by atoms with E-state index in [1.165, 1.54) is 30.2 Å². The molecular formula is C22H26N2O3S. The van der Waals surface area contributed by atoms with Crippen molar-refractivity contribution in [3.63, 3.8) is 0 Å². The lowest BCUT2D eigenvalue weighted by Crippen LogP contribution is -2.45. The summed E-state index contributed by atoms with van der Waals surface area (Å²) in [5.74, 6) is -0.147. The highest BCUT2D eigenvalue weighted by Gasteiger charge is 2.38. The molecule has 1 amide bonds. The summed E-state index contributed by atoms with van der Waals surface area (Å²) in [5.41, 5.74) is 2.10. The molecule has 6 heteroatoms. The topological polar surface area (TPSA) is 75.3 Å². The van der Waals surface area contributed by atoms with Crippen LogP contribution in [0.5, 0.6) is 0 Å². The summed E-state index contributed by atoms with van der Waals surface area (Å²) in [7, 11) is -3.46. The molecule has 0 radical (unpaired) electrons. The van der Waals surface area contributed by atoms with Crippen LogP contribution in [-0.4, -0.2) is 27.4 Å². The van der Waals surface area contributed by atoms with Crippen LogP contribution >= 0.6 is 0 Å². The van der Waals surface area contributed by atoms with Crippen molar-refractivity contribution in [3.8, 4) is 0 Å². The monoisotopic (exact) mass is 398 g/mol. The minimum absolute atomic E-state index is 0.0487. The van der Waals surface area contributed by atoms with Gasteiger partial charge < -0.3 is 5.32 Å². The molecular weight excluding hydrogens is 372 g/mol. The molecule has 1 aliphatic rings. The van der Waals surface area contributed by atoms with Crippen molar-refractivity contribution >= 4 is 22.0 Å². The number of benzene rings is 2. The Hall–Kier alpha value is -2.44. The summed E-state index contributed by atoms with van der Waals surface area (Å²) >= 11 is 0. The zero-order chi connectivity index (χ0) is 20.0. The average molecular weight is 399 g/mol. The standard InChI is InChI=1S/C22H26N2O3S/c1-2-24-28(26,27)20-12-9-18(10-13-20)11-14-21(25)23-17-22(15-6-16-22)19-7-4-3-5-8-19/h3-5,7-14,24H,2,6,15-17H2,1H3,(H,23,25)/b14-11+. The first-order valence-electron chi connectivity index (χ1n) is 9.56. The number of hydrogen-bond donors (Lipinski definition) is 2. The largest absolute Gasteiger partial charge is 0.352 e. The second kappa shape index (κ2) is 8.71. The molecule has 2 aromatic carbocycles. The lowest BCUT2D eigenvalue weighted by molar-refractivity contribution is -0.116. The molecule has 0 saturated heterocycles. The molecule has 1 aliphatic carbocycles. The van der Waals surface area contributed by atoms with Crippen LogP contribution in [0.25, 0.3) is 6.08 Å². The van der Waals surface area contributed by atoms with Crippen LogP contribution in [0.2, 0.25) is 0 Å². The van der Waals surface area contributed by atoms with E-state index in [0.717, 1.165) is 18.4 Å². The van der Waals surface area contributed by atoms with E-state index < -0.39 is 10.0 Å². The van der Waals surface area contributed by atoms with Gasteiger partial charge in [0.05, 0.1) is 4.90 Å². The number of carbonyl (C=O) groups excluding carboxylic acids is 1. The van der Waals surface area contributed by atoms with Gasteiger partial charge in [0.2, 0.25) is 15.9 Å². The van der Waals surface area contributed by atoms with Gasteiger partial charge in [0, 0.05) is 24.6 Å². The van der Waals surface area contributed by atoms with Crippen molar-refractivity contribution in [2.45, 2.75) is 36.5 Å². The molecule has 148 valence electrons. The average Bonchev–Trinajstić information content (AvgIpc) is 2.67. The van der Waals surface area contributed by atoms with Crippen LogP contribution in [0.1, 0.15) is 37.3 Å². The maximum absolute atomic E-state index is 12.2. The number of carbonyl (C=O) groups is 1. The van der Waals surface area contributed by atoms with Crippen LogP contribution in [0.3, 0.4) is 0 Å². The molecule has 1 fully saturated rings. The minimum Gasteiger partial charge on any atom is -0.352 e. The molecule has 0 heterocycles.